The molecule has 3 unspecified atom stereocenters. The molecule has 2 aliphatic rings. The van der Waals surface area contributed by atoms with E-state index in [2.05, 4.69) is 26.2 Å². The summed E-state index contributed by atoms with van der Waals surface area (Å²) >= 11 is 0. The minimum absolute atomic E-state index is 0.652. The first-order chi connectivity index (χ1) is 7.15. The van der Waals surface area contributed by atoms with E-state index in [-0.39, 0.29) is 0 Å². The zero-order chi connectivity index (χ0) is 10.6. The number of benzene rings is 1. The summed E-state index contributed by atoms with van der Waals surface area (Å²) in [4.78, 5) is 0. The normalized spacial score (nSPS) is 29.1. The Labute approximate surface area is 92.1 Å². The molecule has 0 saturated carbocycles. The van der Waals surface area contributed by atoms with Crippen molar-refractivity contribution >= 4 is 20.8 Å². The van der Waals surface area contributed by atoms with Crippen LogP contribution in [0.4, 0.5) is 11.4 Å². The van der Waals surface area contributed by atoms with Crippen molar-refractivity contribution in [2.75, 3.05) is 24.6 Å². The molecule has 15 heavy (non-hydrogen) atoms. The van der Waals surface area contributed by atoms with Crippen molar-refractivity contribution in [2.45, 2.75) is 18.3 Å². The summed E-state index contributed by atoms with van der Waals surface area (Å²) in [5.74, 6) is 1.30. The zero-order valence-electron chi connectivity index (χ0n) is 8.61. The number of anilines is 2. The molecule has 0 spiro atoms. The Morgan fingerprint density at radius 1 is 1.07 bits per heavy atom. The predicted octanol–water partition coefficient (Wildman–Crippen LogP) is 1.53. The van der Waals surface area contributed by atoms with Gasteiger partial charge in [-0.25, -0.2) is 0 Å². The van der Waals surface area contributed by atoms with Gasteiger partial charge in [0.05, 0.1) is 11.4 Å². The van der Waals surface area contributed by atoms with E-state index in [1.54, 1.807) is 0 Å². The molecule has 1 aromatic rings. The number of nitrogen functional groups attached to an aromatic ring is 2. The van der Waals surface area contributed by atoms with E-state index in [1.165, 1.54) is 17.5 Å². The molecule has 0 amide bonds. The average molecular weight is 221 g/mol. The standard InChI is InChI=1S/C11H16N3P/c12-10-2-8-6-1-7(5-14(15)4-6)9(8)3-11(10)13/h2-3,6-7H,1,4-5,12-13,15H2. The van der Waals surface area contributed by atoms with Crippen LogP contribution < -0.4 is 11.5 Å². The van der Waals surface area contributed by atoms with Crippen molar-refractivity contribution < 1.29 is 0 Å². The maximum Gasteiger partial charge on any atom is 0.0550 e. The monoisotopic (exact) mass is 221 g/mol. The Kier molecular flexibility index (Phi) is 1.95. The summed E-state index contributed by atoms with van der Waals surface area (Å²) in [7, 11) is 2.81. The smallest absolute Gasteiger partial charge is 0.0550 e. The van der Waals surface area contributed by atoms with E-state index in [0.717, 1.165) is 24.5 Å². The molecule has 3 atom stereocenters. The van der Waals surface area contributed by atoms with Crippen molar-refractivity contribution in [1.82, 2.24) is 4.67 Å². The number of hydrogen-bond donors (Lipinski definition) is 2. The van der Waals surface area contributed by atoms with E-state index < -0.39 is 0 Å². The van der Waals surface area contributed by atoms with Gasteiger partial charge in [0.1, 0.15) is 0 Å². The number of nitrogens with zero attached hydrogens (tertiary/aromatic N) is 1. The quantitative estimate of drug-likeness (QED) is 0.516. The van der Waals surface area contributed by atoms with Gasteiger partial charge >= 0.3 is 0 Å². The lowest BCUT2D eigenvalue weighted by molar-refractivity contribution is 0.334. The SMILES string of the molecule is Nc1cc2c(cc1N)C1CC2CN(P)C1. The molecule has 1 fully saturated rings. The van der Waals surface area contributed by atoms with Crippen molar-refractivity contribution in [3.8, 4) is 0 Å². The second-order valence-electron chi connectivity index (χ2n) is 4.69. The number of hydrogen-bond acceptors (Lipinski definition) is 3. The first kappa shape index (κ1) is 9.44. The molecule has 4 heteroatoms. The second-order valence-corrected chi connectivity index (χ2v) is 5.42. The van der Waals surface area contributed by atoms with Gasteiger partial charge in [-0.3, -0.25) is 4.67 Å². The van der Waals surface area contributed by atoms with Gasteiger partial charge < -0.3 is 11.5 Å². The van der Waals surface area contributed by atoms with Gasteiger partial charge in [0.2, 0.25) is 0 Å². The van der Waals surface area contributed by atoms with Crippen LogP contribution >= 0.6 is 9.39 Å². The fourth-order valence-corrected chi connectivity index (χ4v) is 3.47. The summed E-state index contributed by atoms with van der Waals surface area (Å²) in [6.45, 7) is 2.25. The Morgan fingerprint density at radius 3 is 2.00 bits per heavy atom. The number of fused-ring (bicyclic) bond motifs is 5. The minimum Gasteiger partial charge on any atom is -0.397 e. The third-order valence-electron chi connectivity index (χ3n) is 3.65. The first-order valence-corrected chi connectivity index (χ1v) is 5.85. The van der Waals surface area contributed by atoms with Gasteiger partial charge in [0.15, 0.2) is 0 Å². The Hall–Kier alpha value is -0.790. The van der Waals surface area contributed by atoms with Crippen LogP contribution in [0.25, 0.3) is 0 Å². The van der Waals surface area contributed by atoms with E-state index in [1.807, 2.05) is 0 Å². The van der Waals surface area contributed by atoms with Crippen molar-refractivity contribution in [1.29, 1.82) is 0 Å². The zero-order valence-corrected chi connectivity index (χ0v) is 9.76. The third kappa shape index (κ3) is 1.34. The van der Waals surface area contributed by atoms with Crippen LogP contribution in [0.3, 0.4) is 0 Å². The highest BCUT2D eigenvalue weighted by Crippen LogP contribution is 2.48. The van der Waals surface area contributed by atoms with Gasteiger partial charge in [-0.1, -0.05) is 9.39 Å². The largest absolute Gasteiger partial charge is 0.397 e. The summed E-state index contributed by atoms with van der Waals surface area (Å²) in [6.07, 6.45) is 1.27. The summed E-state index contributed by atoms with van der Waals surface area (Å²) in [6, 6.07) is 4.16. The topological polar surface area (TPSA) is 55.3 Å². The molecule has 1 heterocycles. The lowest BCUT2D eigenvalue weighted by Crippen LogP contribution is -2.26. The van der Waals surface area contributed by atoms with Crippen molar-refractivity contribution in [3.05, 3.63) is 23.3 Å². The molecule has 4 N–H and O–H groups in total. The molecule has 0 aromatic heterocycles. The lowest BCUT2D eigenvalue weighted by atomic mass is 9.98. The first-order valence-electron chi connectivity index (χ1n) is 5.33. The molecule has 1 aliphatic heterocycles. The highest BCUT2D eigenvalue weighted by Gasteiger charge is 2.36. The molecule has 3 nitrogen and oxygen atoms in total. The van der Waals surface area contributed by atoms with Gasteiger partial charge in [-0.05, 0) is 41.5 Å². The van der Waals surface area contributed by atoms with E-state index >= 15 is 0 Å². The van der Waals surface area contributed by atoms with Crippen LogP contribution in [0.1, 0.15) is 29.4 Å². The summed E-state index contributed by atoms with van der Waals surface area (Å²) < 4.78 is 2.32. The van der Waals surface area contributed by atoms with Crippen LogP contribution in [0.5, 0.6) is 0 Å². The summed E-state index contributed by atoms with van der Waals surface area (Å²) in [5.41, 5.74) is 16.1. The molecular formula is C11H16N3P. The van der Waals surface area contributed by atoms with Gasteiger partial charge in [-0.2, -0.15) is 0 Å². The molecule has 0 radical (unpaired) electrons. The number of rotatable bonds is 0. The van der Waals surface area contributed by atoms with Gasteiger partial charge in [0.25, 0.3) is 0 Å². The molecule has 1 aromatic carbocycles. The lowest BCUT2D eigenvalue weighted by Gasteiger charge is -2.28. The highest BCUT2D eigenvalue weighted by molar-refractivity contribution is 7.13. The Bertz CT molecular complexity index is 382. The number of nitrogens with two attached hydrogens (primary N) is 2. The maximum atomic E-state index is 5.87. The fraction of sp³-hybridized carbons (Fsp3) is 0.455. The molecule has 80 valence electrons. The molecular weight excluding hydrogens is 205 g/mol. The fourth-order valence-electron chi connectivity index (χ4n) is 2.96. The van der Waals surface area contributed by atoms with Crippen molar-refractivity contribution in [2.24, 2.45) is 0 Å². The van der Waals surface area contributed by atoms with E-state index in [9.17, 15) is 0 Å². The molecule has 1 saturated heterocycles. The van der Waals surface area contributed by atoms with Crippen LogP contribution in [-0.4, -0.2) is 17.8 Å². The van der Waals surface area contributed by atoms with E-state index in [4.69, 9.17) is 11.5 Å². The summed E-state index contributed by atoms with van der Waals surface area (Å²) in [5, 5.41) is 0. The van der Waals surface area contributed by atoms with Crippen LogP contribution in [0.15, 0.2) is 12.1 Å². The average Bonchev–Trinajstić information content (AvgIpc) is 2.41. The van der Waals surface area contributed by atoms with Crippen LogP contribution in [0.2, 0.25) is 0 Å². The second kappa shape index (κ2) is 3.10. The molecule has 2 bridgehead atoms. The van der Waals surface area contributed by atoms with E-state index in [0.29, 0.717) is 11.8 Å². The Balaban J connectivity index is 2.12. The predicted molar refractivity (Wildman–Crippen MR) is 66.6 cm³/mol. The molecule has 3 rings (SSSR count). The highest BCUT2D eigenvalue weighted by atomic mass is 31.0. The maximum absolute atomic E-state index is 5.87. The molecule has 1 aliphatic carbocycles. The van der Waals surface area contributed by atoms with Crippen LogP contribution in [-0.2, 0) is 0 Å². The van der Waals surface area contributed by atoms with Gasteiger partial charge in [0, 0.05) is 13.1 Å². The minimum atomic E-state index is 0.652. The Morgan fingerprint density at radius 2 is 1.53 bits per heavy atom. The number of piperidine rings is 1. The van der Waals surface area contributed by atoms with Crippen molar-refractivity contribution in [3.63, 3.8) is 0 Å². The van der Waals surface area contributed by atoms with Crippen LogP contribution in [0, 0.1) is 0 Å². The van der Waals surface area contributed by atoms with Gasteiger partial charge in [-0.15, -0.1) is 0 Å². The third-order valence-corrected chi connectivity index (χ3v) is 4.07.